The number of carbonyl (C=O) groups is 1. The van der Waals surface area contributed by atoms with Crippen LogP contribution in [0.25, 0.3) is 10.8 Å². The number of benzene rings is 3. The summed E-state index contributed by atoms with van der Waals surface area (Å²) in [6.45, 7) is 0. The molecule has 3 N–H and O–H groups in total. The molecule has 1 unspecified atom stereocenters. The van der Waals surface area contributed by atoms with Gasteiger partial charge in [-0.2, -0.15) is 0 Å². The largest absolute Gasteiger partial charge is 0.497 e. The van der Waals surface area contributed by atoms with Crippen molar-refractivity contribution in [2.75, 3.05) is 7.11 Å². The van der Waals surface area contributed by atoms with Crippen LogP contribution in [0.15, 0.2) is 71.6 Å². The van der Waals surface area contributed by atoms with E-state index >= 15 is 0 Å². The van der Waals surface area contributed by atoms with E-state index in [0.29, 0.717) is 11.3 Å². The summed E-state index contributed by atoms with van der Waals surface area (Å²) >= 11 is 0. The lowest BCUT2D eigenvalue weighted by Gasteiger charge is -2.25. The van der Waals surface area contributed by atoms with Crippen molar-refractivity contribution in [3.05, 3.63) is 72.3 Å². The zero-order valence-corrected chi connectivity index (χ0v) is 15.4. The molecule has 27 heavy (non-hydrogen) atoms. The molecule has 3 rings (SSSR count). The van der Waals surface area contributed by atoms with Crippen molar-refractivity contribution in [1.29, 1.82) is 0 Å². The predicted molar refractivity (Wildman–Crippen MR) is 102 cm³/mol. The molecular formula is C20H19NO5S. The van der Waals surface area contributed by atoms with E-state index in [1.165, 1.54) is 31.4 Å². The van der Waals surface area contributed by atoms with Gasteiger partial charge in [-0.25, -0.2) is 8.42 Å². The van der Waals surface area contributed by atoms with E-state index in [4.69, 9.17) is 10.5 Å². The highest BCUT2D eigenvalue weighted by Gasteiger charge is 2.48. The maximum absolute atomic E-state index is 13.0. The fraction of sp³-hybridized carbons (Fsp3) is 0.150. The minimum Gasteiger partial charge on any atom is -0.497 e. The molecular weight excluding hydrogens is 366 g/mol. The highest BCUT2D eigenvalue weighted by molar-refractivity contribution is 7.93. The Kier molecular flexibility index (Phi) is 4.91. The number of hydrogen-bond donors (Lipinski definition) is 2. The number of sulfone groups is 1. The van der Waals surface area contributed by atoms with Crippen LogP contribution >= 0.6 is 0 Å². The fourth-order valence-corrected chi connectivity index (χ4v) is 4.40. The number of methoxy groups -OCH3 is 1. The average Bonchev–Trinajstić information content (AvgIpc) is 2.67. The van der Waals surface area contributed by atoms with Gasteiger partial charge in [-0.3, -0.25) is 4.79 Å². The Labute approximate surface area is 157 Å². The van der Waals surface area contributed by atoms with Crippen LogP contribution in [0.5, 0.6) is 5.75 Å². The molecule has 0 aliphatic heterocycles. The Morgan fingerprint density at radius 3 is 2.26 bits per heavy atom. The van der Waals surface area contributed by atoms with Crippen molar-refractivity contribution in [3.8, 4) is 5.75 Å². The molecule has 3 aromatic carbocycles. The molecule has 0 bridgehead atoms. The molecule has 0 spiro atoms. The van der Waals surface area contributed by atoms with Crippen LogP contribution in [-0.4, -0.2) is 31.5 Å². The van der Waals surface area contributed by atoms with Gasteiger partial charge >= 0.3 is 0 Å². The molecule has 1 atom stereocenters. The summed E-state index contributed by atoms with van der Waals surface area (Å²) in [7, 11) is -3.00. The van der Waals surface area contributed by atoms with Crippen molar-refractivity contribution in [2.45, 2.75) is 16.2 Å². The smallest absolute Gasteiger partial charge is 0.266 e. The summed E-state index contributed by atoms with van der Waals surface area (Å²) in [5.74, 6) is -0.877. The number of rotatable bonds is 6. The quantitative estimate of drug-likeness (QED) is 0.675. The number of amides is 1. The first kappa shape index (κ1) is 18.9. The Morgan fingerprint density at radius 1 is 1.04 bits per heavy atom. The first-order valence-corrected chi connectivity index (χ1v) is 9.65. The lowest BCUT2D eigenvalue weighted by atomic mass is 10.0. The van der Waals surface area contributed by atoms with E-state index in [9.17, 15) is 18.3 Å². The Bertz CT molecular complexity index is 1090. The van der Waals surface area contributed by atoms with Gasteiger partial charge in [0.2, 0.25) is 9.84 Å². The normalized spacial score (nSPS) is 13.9. The summed E-state index contributed by atoms with van der Waals surface area (Å²) in [4.78, 5) is 9.01. The van der Waals surface area contributed by atoms with E-state index in [1.807, 2.05) is 24.3 Å². The zero-order chi connectivity index (χ0) is 19.7. The summed E-state index contributed by atoms with van der Waals surface area (Å²) < 4.78 is 30.9. The third kappa shape index (κ3) is 3.39. The molecule has 0 fully saturated rings. The highest BCUT2D eigenvalue weighted by Crippen LogP contribution is 2.29. The summed E-state index contributed by atoms with van der Waals surface area (Å²) in [6, 6.07) is 18.1. The zero-order valence-electron chi connectivity index (χ0n) is 14.6. The fourth-order valence-electron chi connectivity index (χ4n) is 2.89. The highest BCUT2D eigenvalue weighted by atomic mass is 32.2. The molecule has 1 amide bonds. The maximum atomic E-state index is 13.0. The standard InChI is InChI=1S/C20H19NO5S/c1-26-17-8-10-18(11-9-17)27(24,25)20(23,19(21)22)13-14-6-7-15-4-2-3-5-16(15)12-14/h2-12,23H,13H2,1H3,(H2,21,22). The van der Waals surface area contributed by atoms with Crippen LogP contribution in [0.2, 0.25) is 0 Å². The van der Waals surface area contributed by atoms with Crippen molar-refractivity contribution < 1.29 is 23.1 Å². The van der Waals surface area contributed by atoms with Crippen LogP contribution in [0.1, 0.15) is 5.56 Å². The molecule has 0 aliphatic rings. The molecule has 0 aromatic heterocycles. The Hall–Kier alpha value is -2.90. The molecule has 140 valence electrons. The van der Waals surface area contributed by atoms with Gasteiger partial charge in [0.1, 0.15) is 5.75 Å². The number of carbonyl (C=O) groups excluding carboxylic acids is 1. The second-order valence-electron chi connectivity index (χ2n) is 6.19. The lowest BCUT2D eigenvalue weighted by Crippen LogP contribution is -2.52. The van der Waals surface area contributed by atoms with E-state index in [-0.39, 0.29) is 4.90 Å². The molecule has 7 heteroatoms. The first-order valence-electron chi connectivity index (χ1n) is 8.16. The van der Waals surface area contributed by atoms with Crippen LogP contribution in [0.4, 0.5) is 0 Å². The monoisotopic (exact) mass is 385 g/mol. The van der Waals surface area contributed by atoms with Crippen LogP contribution in [0.3, 0.4) is 0 Å². The summed E-state index contributed by atoms with van der Waals surface area (Å²) in [5, 5.41) is 12.7. The van der Waals surface area contributed by atoms with Crippen LogP contribution in [-0.2, 0) is 21.1 Å². The summed E-state index contributed by atoms with van der Waals surface area (Å²) in [5.41, 5.74) is 5.80. The Morgan fingerprint density at radius 2 is 1.67 bits per heavy atom. The minimum atomic E-state index is -4.45. The predicted octanol–water partition coefficient (Wildman–Crippen LogP) is 2.04. The number of hydrogen-bond acceptors (Lipinski definition) is 5. The molecule has 0 radical (unpaired) electrons. The number of nitrogens with two attached hydrogens (primary N) is 1. The summed E-state index contributed by atoms with van der Waals surface area (Å²) in [6.07, 6.45) is -0.457. The van der Waals surface area contributed by atoms with Crippen molar-refractivity contribution >= 4 is 26.5 Å². The molecule has 0 saturated carbocycles. The van der Waals surface area contributed by atoms with Gasteiger partial charge in [0.15, 0.2) is 0 Å². The van der Waals surface area contributed by atoms with Gasteiger partial charge in [-0.05, 0) is 40.6 Å². The lowest BCUT2D eigenvalue weighted by molar-refractivity contribution is -0.128. The van der Waals surface area contributed by atoms with Gasteiger partial charge in [0.25, 0.3) is 10.8 Å². The third-order valence-corrected chi connectivity index (χ3v) is 6.58. The number of primary amides is 1. The van der Waals surface area contributed by atoms with Crippen molar-refractivity contribution in [2.24, 2.45) is 5.73 Å². The third-order valence-electron chi connectivity index (χ3n) is 4.46. The average molecular weight is 385 g/mol. The van der Waals surface area contributed by atoms with Crippen LogP contribution in [0, 0.1) is 0 Å². The molecule has 0 saturated heterocycles. The first-order chi connectivity index (χ1) is 12.8. The second kappa shape index (κ2) is 7.02. The number of ether oxygens (including phenoxy) is 1. The van der Waals surface area contributed by atoms with Gasteiger partial charge in [-0.15, -0.1) is 0 Å². The molecule has 6 nitrogen and oxygen atoms in total. The van der Waals surface area contributed by atoms with Gasteiger partial charge < -0.3 is 15.6 Å². The SMILES string of the molecule is COc1ccc(S(=O)(=O)C(O)(Cc2ccc3ccccc3c2)C(N)=O)cc1. The van der Waals surface area contributed by atoms with Gasteiger partial charge in [0.05, 0.1) is 12.0 Å². The number of aliphatic hydroxyl groups is 1. The second-order valence-corrected chi connectivity index (χ2v) is 8.34. The van der Waals surface area contributed by atoms with Crippen molar-refractivity contribution in [1.82, 2.24) is 0 Å². The topological polar surface area (TPSA) is 107 Å². The van der Waals surface area contributed by atoms with Gasteiger partial charge in [0, 0.05) is 6.42 Å². The maximum Gasteiger partial charge on any atom is 0.266 e. The van der Waals surface area contributed by atoms with Gasteiger partial charge in [-0.1, -0.05) is 42.5 Å². The van der Waals surface area contributed by atoms with E-state index in [1.54, 1.807) is 18.2 Å². The molecule has 0 aliphatic carbocycles. The minimum absolute atomic E-state index is 0.217. The van der Waals surface area contributed by atoms with Crippen LogP contribution < -0.4 is 10.5 Å². The van der Waals surface area contributed by atoms with E-state index in [0.717, 1.165) is 10.8 Å². The number of fused-ring (bicyclic) bond motifs is 1. The molecule has 0 heterocycles. The van der Waals surface area contributed by atoms with E-state index < -0.39 is 27.1 Å². The van der Waals surface area contributed by atoms with Crippen molar-refractivity contribution in [3.63, 3.8) is 0 Å². The Balaban J connectivity index is 2.04. The van der Waals surface area contributed by atoms with E-state index in [2.05, 4.69) is 0 Å². The molecule has 3 aromatic rings.